The first-order valence-electron chi connectivity index (χ1n) is 8.75. The highest BCUT2D eigenvalue weighted by molar-refractivity contribution is 6.13. The zero-order valence-corrected chi connectivity index (χ0v) is 14.9. The smallest absolute Gasteiger partial charge is 0.267 e. The molecule has 0 radical (unpaired) electrons. The normalized spacial score (nSPS) is 10.3. The van der Waals surface area contributed by atoms with Crippen molar-refractivity contribution in [1.82, 2.24) is 20.2 Å². The SMILES string of the molecule is O=C(NN=C(c1ccccc1)c1ccccc1)c1cccc(-n2cncn2)c1. The summed E-state index contributed by atoms with van der Waals surface area (Å²) in [6.07, 6.45) is 3.03. The molecule has 0 unspecified atom stereocenters. The van der Waals surface area contributed by atoms with Gasteiger partial charge in [-0.15, -0.1) is 0 Å². The molecular formula is C22H17N5O. The second-order valence-corrected chi connectivity index (χ2v) is 6.02. The molecule has 1 heterocycles. The van der Waals surface area contributed by atoms with Crippen molar-refractivity contribution in [1.29, 1.82) is 0 Å². The third-order valence-corrected chi connectivity index (χ3v) is 4.16. The first-order chi connectivity index (χ1) is 13.8. The number of nitrogens with one attached hydrogen (secondary N) is 1. The summed E-state index contributed by atoms with van der Waals surface area (Å²) in [4.78, 5) is 16.6. The van der Waals surface area contributed by atoms with Gasteiger partial charge in [-0.2, -0.15) is 10.2 Å². The number of hydrogen-bond donors (Lipinski definition) is 1. The second kappa shape index (κ2) is 8.09. The molecule has 4 aromatic rings. The van der Waals surface area contributed by atoms with Crippen LogP contribution in [0.2, 0.25) is 0 Å². The Hall–Kier alpha value is -4.06. The predicted molar refractivity (Wildman–Crippen MR) is 107 cm³/mol. The molecule has 1 N–H and O–H groups in total. The van der Waals surface area contributed by atoms with Crippen molar-refractivity contribution < 1.29 is 4.79 Å². The van der Waals surface area contributed by atoms with E-state index < -0.39 is 0 Å². The van der Waals surface area contributed by atoms with Crippen molar-refractivity contribution in [2.75, 3.05) is 0 Å². The minimum absolute atomic E-state index is 0.300. The van der Waals surface area contributed by atoms with Crippen LogP contribution in [0.25, 0.3) is 5.69 Å². The Labute approximate surface area is 162 Å². The number of amides is 1. The van der Waals surface area contributed by atoms with E-state index in [4.69, 9.17) is 0 Å². The van der Waals surface area contributed by atoms with Gasteiger partial charge in [-0.25, -0.2) is 15.1 Å². The molecule has 0 saturated heterocycles. The Balaban J connectivity index is 1.62. The number of hydrazone groups is 1. The molecule has 0 saturated carbocycles. The largest absolute Gasteiger partial charge is 0.271 e. The van der Waals surface area contributed by atoms with Crippen LogP contribution in [0.4, 0.5) is 0 Å². The maximum absolute atomic E-state index is 12.7. The highest BCUT2D eigenvalue weighted by Crippen LogP contribution is 2.12. The fourth-order valence-corrected chi connectivity index (χ4v) is 2.79. The Morgan fingerprint density at radius 1 is 0.821 bits per heavy atom. The van der Waals surface area contributed by atoms with Crippen LogP contribution in [0.3, 0.4) is 0 Å². The summed E-state index contributed by atoms with van der Waals surface area (Å²) in [5, 5.41) is 8.50. The summed E-state index contributed by atoms with van der Waals surface area (Å²) in [7, 11) is 0. The average molecular weight is 367 g/mol. The van der Waals surface area contributed by atoms with Gasteiger partial charge in [0.2, 0.25) is 0 Å². The van der Waals surface area contributed by atoms with Gasteiger partial charge >= 0.3 is 0 Å². The molecule has 0 aliphatic carbocycles. The van der Waals surface area contributed by atoms with E-state index in [1.165, 1.54) is 6.33 Å². The average Bonchev–Trinajstić information content (AvgIpc) is 3.30. The zero-order chi connectivity index (χ0) is 19.2. The molecule has 1 aromatic heterocycles. The van der Waals surface area contributed by atoms with E-state index in [2.05, 4.69) is 20.6 Å². The van der Waals surface area contributed by atoms with Crippen LogP contribution in [-0.4, -0.2) is 26.4 Å². The van der Waals surface area contributed by atoms with E-state index in [-0.39, 0.29) is 5.91 Å². The number of aromatic nitrogens is 3. The quantitative estimate of drug-likeness (QED) is 0.434. The number of benzene rings is 3. The third-order valence-electron chi connectivity index (χ3n) is 4.16. The van der Waals surface area contributed by atoms with Crippen LogP contribution in [0, 0.1) is 0 Å². The van der Waals surface area contributed by atoms with E-state index in [1.807, 2.05) is 66.7 Å². The maximum atomic E-state index is 12.7. The molecule has 28 heavy (non-hydrogen) atoms. The van der Waals surface area contributed by atoms with Crippen LogP contribution < -0.4 is 5.43 Å². The summed E-state index contributed by atoms with van der Waals surface area (Å²) in [6, 6.07) is 26.6. The highest BCUT2D eigenvalue weighted by atomic mass is 16.2. The first kappa shape index (κ1) is 17.4. The minimum Gasteiger partial charge on any atom is -0.267 e. The van der Waals surface area contributed by atoms with Crippen LogP contribution in [0.1, 0.15) is 21.5 Å². The lowest BCUT2D eigenvalue weighted by Crippen LogP contribution is -2.20. The van der Waals surface area contributed by atoms with Crippen LogP contribution >= 0.6 is 0 Å². The topological polar surface area (TPSA) is 72.2 Å². The molecule has 0 aliphatic heterocycles. The highest BCUT2D eigenvalue weighted by Gasteiger charge is 2.10. The molecule has 3 aromatic carbocycles. The Morgan fingerprint density at radius 3 is 2.07 bits per heavy atom. The Bertz CT molecular complexity index is 1050. The van der Waals surface area contributed by atoms with Gasteiger partial charge in [-0.1, -0.05) is 66.7 Å². The second-order valence-electron chi connectivity index (χ2n) is 6.02. The zero-order valence-electron chi connectivity index (χ0n) is 14.9. The number of hydrogen-bond acceptors (Lipinski definition) is 4. The fourth-order valence-electron chi connectivity index (χ4n) is 2.79. The van der Waals surface area contributed by atoms with Gasteiger partial charge in [0, 0.05) is 16.7 Å². The summed E-state index contributed by atoms with van der Waals surface area (Å²) < 4.78 is 1.60. The molecular weight excluding hydrogens is 350 g/mol. The minimum atomic E-state index is -0.300. The van der Waals surface area contributed by atoms with Gasteiger partial charge in [-0.05, 0) is 18.2 Å². The molecule has 0 spiro atoms. The molecule has 0 bridgehead atoms. The van der Waals surface area contributed by atoms with Gasteiger partial charge < -0.3 is 0 Å². The standard InChI is InChI=1S/C22H17N5O/c28-22(19-12-7-13-20(14-19)27-16-23-15-24-27)26-25-21(17-8-3-1-4-9-17)18-10-5-2-6-11-18/h1-16H,(H,26,28). The summed E-state index contributed by atoms with van der Waals surface area (Å²) in [5.41, 5.74) is 6.45. The van der Waals surface area contributed by atoms with Crippen molar-refractivity contribution in [2.24, 2.45) is 5.10 Å². The van der Waals surface area contributed by atoms with E-state index in [0.717, 1.165) is 16.8 Å². The van der Waals surface area contributed by atoms with Crippen molar-refractivity contribution in [3.8, 4) is 5.69 Å². The third kappa shape index (κ3) is 3.86. The lowest BCUT2D eigenvalue weighted by atomic mass is 10.0. The number of nitrogens with zero attached hydrogens (tertiary/aromatic N) is 4. The number of rotatable bonds is 5. The predicted octanol–water partition coefficient (Wildman–Crippen LogP) is 3.45. The summed E-state index contributed by atoms with van der Waals surface area (Å²) in [6.45, 7) is 0. The summed E-state index contributed by atoms with van der Waals surface area (Å²) in [5.74, 6) is -0.300. The maximum Gasteiger partial charge on any atom is 0.271 e. The van der Waals surface area contributed by atoms with E-state index in [1.54, 1.807) is 29.2 Å². The molecule has 1 amide bonds. The Kier molecular flexibility index (Phi) is 5.02. The molecule has 0 atom stereocenters. The first-order valence-corrected chi connectivity index (χ1v) is 8.75. The van der Waals surface area contributed by atoms with Crippen LogP contribution in [0.5, 0.6) is 0 Å². The van der Waals surface area contributed by atoms with Crippen molar-refractivity contribution >= 4 is 11.6 Å². The monoisotopic (exact) mass is 367 g/mol. The van der Waals surface area contributed by atoms with E-state index in [9.17, 15) is 4.79 Å². The number of carbonyl (C=O) groups excluding carboxylic acids is 1. The van der Waals surface area contributed by atoms with E-state index >= 15 is 0 Å². The van der Waals surface area contributed by atoms with Crippen molar-refractivity contribution in [3.05, 3.63) is 114 Å². The van der Waals surface area contributed by atoms with E-state index in [0.29, 0.717) is 11.3 Å². The van der Waals surface area contributed by atoms with Crippen molar-refractivity contribution in [2.45, 2.75) is 0 Å². The van der Waals surface area contributed by atoms with Crippen LogP contribution in [0.15, 0.2) is 103 Å². The number of carbonyl (C=O) groups is 1. The van der Waals surface area contributed by atoms with Crippen LogP contribution in [-0.2, 0) is 0 Å². The molecule has 0 aliphatic rings. The van der Waals surface area contributed by atoms with Gasteiger partial charge in [0.1, 0.15) is 12.7 Å². The molecule has 136 valence electrons. The molecule has 4 rings (SSSR count). The van der Waals surface area contributed by atoms with Gasteiger partial charge in [0.05, 0.1) is 11.4 Å². The summed E-state index contributed by atoms with van der Waals surface area (Å²) >= 11 is 0. The molecule has 6 heteroatoms. The van der Waals surface area contributed by atoms with Gasteiger partial charge in [0.25, 0.3) is 5.91 Å². The lowest BCUT2D eigenvalue weighted by molar-refractivity contribution is 0.0955. The van der Waals surface area contributed by atoms with Crippen molar-refractivity contribution in [3.63, 3.8) is 0 Å². The fraction of sp³-hybridized carbons (Fsp3) is 0. The Morgan fingerprint density at radius 2 is 1.46 bits per heavy atom. The lowest BCUT2D eigenvalue weighted by Gasteiger charge is -2.08. The molecule has 6 nitrogen and oxygen atoms in total. The van der Waals surface area contributed by atoms with Gasteiger partial charge in [-0.3, -0.25) is 4.79 Å². The molecule has 0 fully saturated rings. The van der Waals surface area contributed by atoms with Gasteiger partial charge in [0.15, 0.2) is 0 Å².